The molecule has 0 bridgehead atoms. The van der Waals surface area contributed by atoms with E-state index < -0.39 is 4.92 Å². The molecular weight excluding hydrogens is 222 g/mol. The minimum absolute atomic E-state index is 0.101. The number of non-ortho nitro benzene ring substituents is 1. The van der Waals surface area contributed by atoms with Crippen LogP contribution in [0.2, 0.25) is 0 Å². The van der Waals surface area contributed by atoms with E-state index in [1.165, 1.54) is 12.5 Å². The van der Waals surface area contributed by atoms with Gasteiger partial charge in [-0.15, -0.1) is 0 Å². The van der Waals surface area contributed by atoms with Crippen LogP contribution in [0.25, 0.3) is 0 Å². The van der Waals surface area contributed by atoms with Gasteiger partial charge < -0.3 is 9.73 Å². The summed E-state index contributed by atoms with van der Waals surface area (Å²) in [5.74, 6) is 0.732. The summed E-state index contributed by atoms with van der Waals surface area (Å²) < 4.78 is 5.05. The topological polar surface area (TPSA) is 81.2 Å². The predicted molar refractivity (Wildman–Crippen MR) is 60.1 cm³/mol. The van der Waals surface area contributed by atoms with Crippen LogP contribution in [0.3, 0.4) is 0 Å². The molecule has 1 N–H and O–H groups in total. The Morgan fingerprint density at radius 2 is 2.29 bits per heavy atom. The number of aromatic nitrogens is 1. The smallest absolute Gasteiger partial charge is 0.269 e. The van der Waals surface area contributed by atoms with E-state index in [9.17, 15) is 10.1 Å². The van der Waals surface area contributed by atoms with Crippen LogP contribution in [0.1, 0.15) is 11.3 Å². The summed E-state index contributed by atoms with van der Waals surface area (Å²) in [6.07, 6.45) is 2.99. The number of nitro groups is 1. The zero-order chi connectivity index (χ0) is 12.1. The Morgan fingerprint density at radius 3 is 3.00 bits per heavy atom. The highest BCUT2D eigenvalue weighted by Gasteiger charge is 2.05. The predicted octanol–water partition coefficient (Wildman–Crippen LogP) is 1.87. The third-order valence-electron chi connectivity index (χ3n) is 2.23. The van der Waals surface area contributed by atoms with E-state index in [4.69, 9.17) is 4.42 Å². The van der Waals surface area contributed by atoms with E-state index in [2.05, 4.69) is 10.3 Å². The minimum atomic E-state index is -0.403. The SMILES string of the molecule is O=[N+]([O-])c1cccc(CNCc2cnco2)c1. The molecule has 0 saturated heterocycles. The maximum Gasteiger partial charge on any atom is 0.269 e. The zero-order valence-corrected chi connectivity index (χ0v) is 9.00. The van der Waals surface area contributed by atoms with Gasteiger partial charge in [0.1, 0.15) is 5.76 Å². The molecule has 0 saturated carbocycles. The van der Waals surface area contributed by atoms with Crippen LogP contribution in [0.5, 0.6) is 0 Å². The molecule has 6 heteroatoms. The van der Waals surface area contributed by atoms with Crippen molar-refractivity contribution in [2.75, 3.05) is 0 Å². The molecule has 0 fully saturated rings. The van der Waals surface area contributed by atoms with Gasteiger partial charge in [0.25, 0.3) is 5.69 Å². The van der Waals surface area contributed by atoms with Gasteiger partial charge in [-0.1, -0.05) is 12.1 Å². The number of oxazole rings is 1. The lowest BCUT2D eigenvalue weighted by atomic mass is 10.2. The van der Waals surface area contributed by atoms with Crippen molar-refractivity contribution in [2.24, 2.45) is 0 Å². The number of nitrogens with zero attached hydrogens (tertiary/aromatic N) is 2. The Balaban J connectivity index is 1.90. The lowest BCUT2D eigenvalue weighted by molar-refractivity contribution is -0.384. The molecule has 1 aromatic heterocycles. The third kappa shape index (κ3) is 3.12. The first-order valence-electron chi connectivity index (χ1n) is 5.07. The van der Waals surface area contributed by atoms with Crippen molar-refractivity contribution in [1.29, 1.82) is 0 Å². The Morgan fingerprint density at radius 1 is 1.41 bits per heavy atom. The minimum Gasteiger partial charge on any atom is -0.447 e. The van der Waals surface area contributed by atoms with Gasteiger partial charge in [-0.3, -0.25) is 10.1 Å². The van der Waals surface area contributed by atoms with Gasteiger partial charge in [0.05, 0.1) is 17.7 Å². The van der Waals surface area contributed by atoms with Gasteiger partial charge >= 0.3 is 0 Å². The molecule has 0 aliphatic rings. The summed E-state index contributed by atoms with van der Waals surface area (Å²) >= 11 is 0. The largest absolute Gasteiger partial charge is 0.447 e. The van der Waals surface area contributed by atoms with Gasteiger partial charge in [-0.2, -0.15) is 0 Å². The first-order chi connectivity index (χ1) is 8.25. The Kier molecular flexibility index (Phi) is 3.46. The first kappa shape index (κ1) is 11.3. The first-order valence-corrected chi connectivity index (χ1v) is 5.07. The molecule has 88 valence electrons. The van der Waals surface area contributed by atoms with E-state index in [1.54, 1.807) is 18.3 Å². The fraction of sp³-hybridized carbons (Fsp3) is 0.182. The summed E-state index contributed by atoms with van der Waals surface area (Å²) in [5, 5.41) is 13.7. The van der Waals surface area contributed by atoms with Crippen LogP contribution in [0.15, 0.2) is 41.3 Å². The molecule has 1 heterocycles. The van der Waals surface area contributed by atoms with Crippen molar-refractivity contribution in [1.82, 2.24) is 10.3 Å². The average molecular weight is 233 g/mol. The molecule has 6 nitrogen and oxygen atoms in total. The molecule has 2 rings (SSSR count). The molecule has 2 aromatic rings. The lowest BCUT2D eigenvalue weighted by Gasteiger charge is -2.02. The van der Waals surface area contributed by atoms with Gasteiger partial charge in [-0.05, 0) is 5.56 Å². The highest BCUT2D eigenvalue weighted by Crippen LogP contribution is 2.12. The Hall–Kier alpha value is -2.21. The maximum atomic E-state index is 10.6. The van der Waals surface area contributed by atoms with Crippen LogP contribution in [-0.2, 0) is 13.1 Å². The Labute approximate surface area is 97.4 Å². The van der Waals surface area contributed by atoms with Crippen molar-refractivity contribution in [3.8, 4) is 0 Å². The van der Waals surface area contributed by atoms with Gasteiger partial charge in [0, 0.05) is 18.7 Å². The van der Waals surface area contributed by atoms with Crippen molar-refractivity contribution in [3.63, 3.8) is 0 Å². The second kappa shape index (κ2) is 5.22. The molecule has 1 aromatic carbocycles. The summed E-state index contributed by atoms with van der Waals surface area (Å²) in [7, 11) is 0. The highest BCUT2D eigenvalue weighted by molar-refractivity contribution is 5.34. The van der Waals surface area contributed by atoms with Crippen LogP contribution in [0.4, 0.5) is 5.69 Å². The third-order valence-corrected chi connectivity index (χ3v) is 2.23. The fourth-order valence-electron chi connectivity index (χ4n) is 1.44. The van der Waals surface area contributed by atoms with Gasteiger partial charge in [-0.25, -0.2) is 4.98 Å². The van der Waals surface area contributed by atoms with Crippen molar-refractivity contribution in [3.05, 3.63) is 58.3 Å². The summed E-state index contributed by atoms with van der Waals surface area (Å²) in [5.41, 5.74) is 0.961. The summed E-state index contributed by atoms with van der Waals surface area (Å²) in [6, 6.07) is 6.53. The fourth-order valence-corrected chi connectivity index (χ4v) is 1.44. The lowest BCUT2D eigenvalue weighted by Crippen LogP contribution is -2.12. The van der Waals surface area contributed by atoms with Crippen LogP contribution >= 0.6 is 0 Å². The maximum absolute atomic E-state index is 10.6. The van der Waals surface area contributed by atoms with Crippen molar-refractivity contribution in [2.45, 2.75) is 13.1 Å². The second-order valence-electron chi connectivity index (χ2n) is 3.50. The van der Waals surface area contributed by atoms with E-state index >= 15 is 0 Å². The summed E-state index contributed by atoms with van der Waals surface area (Å²) in [4.78, 5) is 14.0. The highest BCUT2D eigenvalue weighted by atomic mass is 16.6. The van der Waals surface area contributed by atoms with Crippen LogP contribution in [0, 0.1) is 10.1 Å². The molecule has 0 spiro atoms. The standard InChI is InChI=1S/C11H11N3O3/c15-14(16)10-3-1-2-9(4-10)5-12-6-11-7-13-8-17-11/h1-4,7-8,12H,5-6H2. The molecule has 17 heavy (non-hydrogen) atoms. The number of hydrogen-bond acceptors (Lipinski definition) is 5. The molecule has 0 radical (unpaired) electrons. The van der Waals surface area contributed by atoms with Crippen LogP contribution < -0.4 is 5.32 Å². The quantitative estimate of drug-likeness (QED) is 0.629. The monoisotopic (exact) mass is 233 g/mol. The summed E-state index contributed by atoms with van der Waals surface area (Å²) in [6.45, 7) is 1.09. The molecular formula is C11H11N3O3. The normalized spacial score (nSPS) is 10.4. The average Bonchev–Trinajstić information content (AvgIpc) is 2.82. The molecule has 0 aliphatic carbocycles. The number of hydrogen-bond donors (Lipinski definition) is 1. The van der Waals surface area contributed by atoms with Crippen LogP contribution in [-0.4, -0.2) is 9.91 Å². The second-order valence-corrected chi connectivity index (χ2v) is 3.50. The van der Waals surface area contributed by atoms with Gasteiger partial charge in [0.2, 0.25) is 0 Å². The van der Waals surface area contributed by atoms with Crippen molar-refractivity contribution < 1.29 is 9.34 Å². The van der Waals surface area contributed by atoms with E-state index in [-0.39, 0.29) is 5.69 Å². The Bertz CT molecular complexity index is 496. The number of nitrogens with one attached hydrogen (secondary N) is 1. The zero-order valence-electron chi connectivity index (χ0n) is 9.00. The number of benzene rings is 1. The molecule has 0 unspecified atom stereocenters. The number of rotatable bonds is 5. The van der Waals surface area contributed by atoms with E-state index in [1.807, 2.05) is 6.07 Å². The van der Waals surface area contributed by atoms with Crippen molar-refractivity contribution >= 4 is 5.69 Å². The van der Waals surface area contributed by atoms with Gasteiger partial charge in [0.15, 0.2) is 6.39 Å². The number of nitro benzene ring substituents is 1. The molecule has 0 aliphatic heterocycles. The van der Waals surface area contributed by atoms with E-state index in [0.717, 1.165) is 11.3 Å². The molecule has 0 atom stereocenters. The molecule has 0 amide bonds. The van der Waals surface area contributed by atoms with E-state index in [0.29, 0.717) is 13.1 Å².